The Morgan fingerprint density at radius 2 is 1.74 bits per heavy atom. The van der Waals surface area contributed by atoms with E-state index in [2.05, 4.69) is 15.6 Å². The monoisotopic (exact) mass is 392 g/mol. The van der Waals surface area contributed by atoms with Crippen LogP contribution in [0.2, 0.25) is 0 Å². The molecule has 3 rings (SSSR count). The first kappa shape index (κ1) is 18.7. The summed E-state index contributed by atoms with van der Waals surface area (Å²) in [7, 11) is 0. The molecular weight excluding hydrogens is 376 g/mol. The van der Waals surface area contributed by atoms with Crippen LogP contribution in [0.4, 0.5) is 10.8 Å². The molecule has 134 valence electrons. The molecular formula is C20H16N4OS2. The molecule has 0 saturated carbocycles. The van der Waals surface area contributed by atoms with E-state index in [1.165, 1.54) is 23.1 Å². The highest BCUT2D eigenvalue weighted by Gasteiger charge is 2.17. The molecule has 0 saturated heterocycles. The Morgan fingerprint density at radius 1 is 1.07 bits per heavy atom. The highest BCUT2D eigenvalue weighted by molar-refractivity contribution is 8.02. The van der Waals surface area contributed by atoms with Crippen molar-refractivity contribution >= 4 is 39.8 Å². The van der Waals surface area contributed by atoms with Crippen LogP contribution >= 0.6 is 23.1 Å². The number of carbonyl (C=O) groups excluding carboxylic acids is 1. The number of amides is 1. The van der Waals surface area contributed by atoms with Crippen LogP contribution in [0.3, 0.4) is 0 Å². The van der Waals surface area contributed by atoms with Gasteiger partial charge >= 0.3 is 0 Å². The van der Waals surface area contributed by atoms with Gasteiger partial charge in [0.15, 0.2) is 5.13 Å². The van der Waals surface area contributed by atoms with Crippen LogP contribution in [0.15, 0.2) is 76.6 Å². The number of thiazole rings is 1. The van der Waals surface area contributed by atoms with E-state index in [1.807, 2.05) is 78.4 Å². The maximum absolute atomic E-state index is 12.6. The standard InChI is InChI=1S/C20H16N4OS2/c1-26-19(22-15-10-6-3-7-11-15)16(12-21)18(25)24-20-23-17(13-27-20)14-8-4-2-5-9-14/h2-11,13,22H,1H3,(H,23,24,25)/b19-16+. The van der Waals surface area contributed by atoms with Crippen LogP contribution in [0.5, 0.6) is 0 Å². The number of anilines is 2. The predicted octanol–water partition coefficient (Wildman–Crippen LogP) is 4.96. The van der Waals surface area contributed by atoms with Crippen LogP contribution in [0.25, 0.3) is 11.3 Å². The van der Waals surface area contributed by atoms with Gasteiger partial charge in [0, 0.05) is 16.6 Å². The number of carbonyl (C=O) groups is 1. The highest BCUT2D eigenvalue weighted by Crippen LogP contribution is 2.26. The van der Waals surface area contributed by atoms with Gasteiger partial charge < -0.3 is 5.32 Å². The number of nitrogens with zero attached hydrogens (tertiary/aromatic N) is 2. The SMILES string of the molecule is CS/C(Nc1ccccc1)=C(\C#N)C(=O)Nc1nc(-c2ccccc2)cs1. The zero-order chi connectivity index (χ0) is 19.1. The molecule has 0 aliphatic heterocycles. The normalized spacial score (nSPS) is 11.3. The van der Waals surface area contributed by atoms with Crippen molar-refractivity contribution in [2.45, 2.75) is 0 Å². The van der Waals surface area contributed by atoms with Gasteiger partial charge in [-0.25, -0.2) is 4.98 Å². The van der Waals surface area contributed by atoms with Gasteiger partial charge in [-0.05, 0) is 18.4 Å². The molecule has 27 heavy (non-hydrogen) atoms. The average molecular weight is 393 g/mol. The number of nitriles is 1. The van der Waals surface area contributed by atoms with Crippen LogP contribution in [0.1, 0.15) is 0 Å². The first-order chi connectivity index (χ1) is 13.2. The summed E-state index contributed by atoms with van der Waals surface area (Å²) in [6.45, 7) is 0. The van der Waals surface area contributed by atoms with Gasteiger partial charge in [0.25, 0.3) is 5.91 Å². The van der Waals surface area contributed by atoms with Crippen LogP contribution in [-0.2, 0) is 4.79 Å². The molecule has 0 spiro atoms. The summed E-state index contributed by atoms with van der Waals surface area (Å²) < 4.78 is 0. The first-order valence-electron chi connectivity index (χ1n) is 8.04. The number of rotatable bonds is 6. The average Bonchev–Trinajstić information content (AvgIpc) is 3.17. The number of nitrogens with one attached hydrogen (secondary N) is 2. The third-order valence-electron chi connectivity index (χ3n) is 3.60. The molecule has 2 aromatic carbocycles. The van der Waals surface area contributed by atoms with Crippen molar-refractivity contribution in [3.8, 4) is 17.3 Å². The fourth-order valence-electron chi connectivity index (χ4n) is 2.31. The number of hydrogen-bond acceptors (Lipinski definition) is 6. The molecule has 2 N–H and O–H groups in total. The van der Waals surface area contributed by atoms with Crippen molar-refractivity contribution in [2.24, 2.45) is 0 Å². The second-order valence-corrected chi connectivity index (χ2v) is 7.04. The molecule has 0 aliphatic rings. The van der Waals surface area contributed by atoms with Gasteiger partial charge in [-0.3, -0.25) is 10.1 Å². The molecule has 0 bridgehead atoms. The molecule has 0 atom stereocenters. The third-order valence-corrected chi connectivity index (χ3v) is 5.07. The zero-order valence-electron chi connectivity index (χ0n) is 14.5. The number of aromatic nitrogens is 1. The maximum atomic E-state index is 12.6. The van der Waals surface area contributed by atoms with Gasteiger partial charge in [0.1, 0.15) is 11.6 Å². The summed E-state index contributed by atoms with van der Waals surface area (Å²) in [4.78, 5) is 17.0. The fraction of sp³-hybridized carbons (Fsp3) is 0.0500. The van der Waals surface area contributed by atoms with E-state index in [1.54, 1.807) is 0 Å². The van der Waals surface area contributed by atoms with E-state index >= 15 is 0 Å². The van der Waals surface area contributed by atoms with Gasteiger partial charge in [-0.15, -0.1) is 23.1 Å². The van der Waals surface area contributed by atoms with E-state index in [4.69, 9.17) is 0 Å². The van der Waals surface area contributed by atoms with Gasteiger partial charge in [0.05, 0.1) is 10.7 Å². The summed E-state index contributed by atoms with van der Waals surface area (Å²) in [5.41, 5.74) is 2.58. The fourth-order valence-corrected chi connectivity index (χ4v) is 3.58. The molecule has 1 heterocycles. The number of thioether (sulfide) groups is 1. The molecule has 0 aliphatic carbocycles. The van der Waals surface area contributed by atoms with E-state index in [0.29, 0.717) is 10.2 Å². The van der Waals surface area contributed by atoms with Gasteiger partial charge in [-0.1, -0.05) is 48.5 Å². The third kappa shape index (κ3) is 4.76. The minimum atomic E-state index is -0.487. The predicted molar refractivity (Wildman–Crippen MR) is 112 cm³/mol. The lowest BCUT2D eigenvalue weighted by molar-refractivity contribution is -0.112. The molecule has 5 nitrogen and oxygen atoms in total. The minimum absolute atomic E-state index is 0.0165. The molecule has 7 heteroatoms. The van der Waals surface area contributed by atoms with Crippen LogP contribution in [-0.4, -0.2) is 17.1 Å². The first-order valence-corrected chi connectivity index (χ1v) is 10.1. The summed E-state index contributed by atoms with van der Waals surface area (Å²) in [6.07, 6.45) is 1.81. The Kier molecular flexibility index (Phi) is 6.26. The second-order valence-electron chi connectivity index (χ2n) is 5.37. The lowest BCUT2D eigenvalue weighted by Gasteiger charge is -2.10. The molecule has 0 unspecified atom stereocenters. The van der Waals surface area contributed by atoms with E-state index in [-0.39, 0.29) is 5.57 Å². The summed E-state index contributed by atoms with van der Waals surface area (Å²) in [5.74, 6) is -0.487. The Bertz CT molecular complexity index is 992. The van der Waals surface area contributed by atoms with Crippen molar-refractivity contribution in [3.05, 3.63) is 76.6 Å². The number of para-hydroxylation sites is 1. The minimum Gasteiger partial charge on any atom is -0.349 e. The zero-order valence-corrected chi connectivity index (χ0v) is 16.1. The van der Waals surface area contributed by atoms with Crippen molar-refractivity contribution in [3.63, 3.8) is 0 Å². The molecule has 3 aromatic rings. The lowest BCUT2D eigenvalue weighted by Crippen LogP contribution is -2.16. The van der Waals surface area contributed by atoms with E-state index in [9.17, 15) is 10.1 Å². The summed E-state index contributed by atoms with van der Waals surface area (Å²) in [6, 6.07) is 21.1. The van der Waals surface area contributed by atoms with Crippen LogP contribution in [0, 0.1) is 11.3 Å². The highest BCUT2D eigenvalue weighted by atomic mass is 32.2. The molecule has 0 radical (unpaired) electrons. The second kappa shape index (κ2) is 9.03. The Hall–Kier alpha value is -3.08. The van der Waals surface area contributed by atoms with Crippen molar-refractivity contribution in [1.82, 2.24) is 4.98 Å². The van der Waals surface area contributed by atoms with E-state index < -0.39 is 5.91 Å². The topological polar surface area (TPSA) is 77.8 Å². The quantitative estimate of drug-likeness (QED) is 0.458. The molecule has 1 aromatic heterocycles. The number of hydrogen-bond donors (Lipinski definition) is 2. The van der Waals surface area contributed by atoms with E-state index in [0.717, 1.165) is 16.9 Å². The van der Waals surface area contributed by atoms with Crippen molar-refractivity contribution < 1.29 is 4.79 Å². The Labute approximate surface area is 165 Å². The van der Waals surface area contributed by atoms with Crippen LogP contribution < -0.4 is 10.6 Å². The molecule has 0 fully saturated rings. The Morgan fingerprint density at radius 3 is 2.37 bits per heavy atom. The maximum Gasteiger partial charge on any atom is 0.270 e. The number of benzene rings is 2. The summed E-state index contributed by atoms with van der Waals surface area (Å²) >= 11 is 2.63. The Balaban J connectivity index is 1.79. The van der Waals surface area contributed by atoms with Gasteiger partial charge in [-0.2, -0.15) is 5.26 Å². The smallest absolute Gasteiger partial charge is 0.270 e. The molecule has 1 amide bonds. The van der Waals surface area contributed by atoms with Crippen molar-refractivity contribution in [2.75, 3.05) is 16.9 Å². The lowest BCUT2D eigenvalue weighted by atomic mass is 10.2. The van der Waals surface area contributed by atoms with Crippen molar-refractivity contribution in [1.29, 1.82) is 5.26 Å². The largest absolute Gasteiger partial charge is 0.349 e. The summed E-state index contributed by atoms with van der Waals surface area (Å²) in [5, 5.41) is 18.1. The van der Waals surface area contributed by atoms with Gasteiger partial charge in [0.2, 0.25) is 0 Å².